The lowest BCUT2D eigenvalue weighted by molar-refractivity contribution is 0.0562. The predicted octanol–water partition coefficient (Wildman–Crippen LogP) is 3.33. The zero-order chi connectivity index (χ0) is 16.7. The largest absolute Gasteiger partial charge is 0.478 e. The average Bonchev–Trinajstić information content (AvgIpc) is 2.37. The standard InChI is InChI=1S/C16H22N2O4/c1-9-10(2)18(15(21)22-16(3,4)5)13-8-11(14(19)20)6-7-12(13)17-9/h6-10,17H,1-5H3,(H,19,20)/t9-,10-/m1/s1. The van der Waals surface area contributed by atoms with Crippen LogP contribution < -0.4 is 10.2 Å². The van der Waals surface area contributed by atoms with E-state index in [0.29, 0.717) is 5.69 Å². The molecule has 1 aliphatic rings. The first-order chi connectivity index (χ1) is 10.1. The molecule has 0 aromatic heterocycles. The molecule has 1 heterocycles. The zero-order valence-corrected chi connectivity index (χ0v) is 13.5. The number of carboxylic acids is 1. The van der Waals surface area contributed by atoms with E-state index in [2.05, 4.69) is 5.32 Å². The summed E-state index contributed by atoms with van der Waals surface area (Å²) in [5.41, 5.74) is 0.771. The van der Waals surface area contributed by atoms with Crippen molar-refractivity contribution in [1.82, 2.24) is 0 Å². The molecule has 6 heteroatoms. The molecule has 1 aromatic carbocycles. The fourth-order valence-corrected chi connectivity index (χ4v) is 2.37. The van der Waals surface area contributed by atoms with E-state index < -0.39 is 17.7 Å². The van der Waals surface area contributed by atoms with Crippen molar-refractivity contribution in [1.29, 1.82) is 0 Å². The van der Waals surface area contributed by atoms with E-state index in [1.165, 1.54) is 17.0 Å². The van der Waals surface area contributed by atoms with Crippen LogP contribution in [0.2, 0.25) is 0 Å². The van der Waals surface area contributed by atoms with Gasteiger partial charge >= 0.3 is 12.1 Å². The lowest BCUT2D eigenvalue weighted by Crippen LogP contribution is -2.52. The predicted molar refractivity (Wildman–Crippen MR) is 84.7 cm³/mol. The number of aromatic carboxylic acids is 1. The molecule has 0 unspecified atom stereocenters. The number of carboxylic acid groups (broad SMARTS) is 1. The van der Waals surface area contributed by atoms with Crippen molar-refractivity contribution in [3.63, 3.8) is 0 Å². The van der Waals surface area contributed by atoms with E-state index in [1.807, 2.05) is 13.8 Å². The molecule has 2 rings (SSSR count). The van der Waals surface area contributed by atoms with Crippen molar-refractivity contribution >= 4 is 23.4 Å². The number of carbonyl (C=O) groups is 2. The number of hydrogen-bond acceptors (Lipinski definition) is 4. The minimum absolute atomic E-state index is 0.0238. The summed E-state index contributed by atoms with van der Waals surface area (Å²) in [6, 6.07) is 4.56. The van der Waals surface area contributed by atoms with Gasteiger partial charge in [0.2, 0.25) is 0 Å². The number of hydrogen-bond donors (Lipinski definition) is 2. The van der Waals surface area contributed by atoms with Crippen molar-refractivity contribution in [3.05, 3.63) is 23.8 Å². The third kappa shape index (κ3) is 3.16. The molecule has 1 aromatic rings. The Labute approximate surface area is 130 Å². The number of nitrogens with one attached hydrogen (secondary N) is 1. The summed E-state index contributed by atoms with van der Waals surface area (Å²) >= 11 is 0. The van der Waals surface area contributed by atoms with Gasteiger partial charge in [0.25, 0.3) is 0 Å². The molecule has 0 saturated carbocycles. The van der Waals surface area contributed by atoms with Crippen molar-refractivity contribution in [3.8, 4) is 0 Å². The maximum atomic E-state index is 12.5. The SMILES string of the molecule is C[C@@H]1[C@@H](C)Nc2ccc(C(=O)O)cc2N1C(=O)OC(C)(C)C. The van der Waals surface area contributed by atoms with Crippen molar-refractivity contribution in [2.45, 2.75) is 52.3 Å². The van der Waals surface area contributed by atoms with Gasteiger partial charge in [-0.1, -0.05) is 0 Å². The fourth-order valence-electron chi connectivity index (χ4n) is 2.37. The summed E-state index contributed by atoms with van der Waals surface area (Å²) in [6.07, 6.45) is -0.475. The summed E-state index contributed by atoms with van der Waals surface area (Å²) in [4.78, 5) is 25.2. The molecule has 0 fully saturated rings. The summed E-state index contributed by atoms with van der Waals surface area (Å²) in [6.45, 7) is 9.27. The number of amides is 1. The van der Waals surface area contributed by atoms with E-state index in [9.17, 15) is 9.59 Å². The molecule has 0 spiro atoms. The van der Waals surface area contributed by atoms with Crippen LogP contribution in [0.15, 0.2) is 18.2 Å². The van der Waals surface area contributed by atoms with Gasteiger partial charge in [0.05, 0.1) is 23.0 Å². The van der Waals surface area contributed by atoms with Gasteiger partial charge in [0.15, 0.2) is 0 Å². The second-order valence-corrected chi connectivity index (χ2v) is 6.56. The molecule has 1 aliphatic heterocycles. The number of anilines is 2. The van der Waals surface area contributed by atoms with Gasteiger partial charge in [-0.25, -0.2) is 9.59 Å². The van der Waals surface area contributed by atoms with E-state index in [-0.39, 0.29) is 17.6 Å². The van der Waals surface area contributed by atoms with Crippen molar-refractivity contribution in [2.75, 3.05) is 10.2 Å². The molecule has 0 radical (unpaired) electrons. The normalized spacial score (nSPS) is 20.9. The Bertz CT molecular complexity index is 607. The van der Waals surface area contributed by atoms with Crippen molar-refractivity contribution < 1.29 is 19.4 Å². The third-order valence-electron chi connectivity index (χ3n) is 3.61. The first kappa shape index (κ1) is 16.1. The highest BCUT2D eigenvalue weighted by atomic mass is 16.6. The average molecular weight is 306 g/mol. The minimum Gasteiger partial charge on any atom is -0.478 e. The van der Waals surface area contributed by atoms with Crippen LogP contribution in [0, 0.1) is 0 Å². The maximum Gasteiger partial charge on any atom is 0.415 e. The minimum atomic E-state index is -1.03. The fraction of sp³-hybridized carbons (Fsp3) is 0.500. The molecule has 2 atom stereocenters. The highest BCUT2D eigenvalue weighted by Crippen LogP contribution is 2.35. The Morgan fingerprint density at radius 3 is 2.45 bits per heavy atom. The highest BCUT2D eigenvalue weighted by Gasteiger charge is 2.35. The molecule has 0 bridgehead atoms. The first-order valence-electron chi connectivity index (χ1n) is 7.26. The number of rotatable bonds is 1. The van der Waals surface area contributed by atoms with Crippen molar-refractivity contribution in [2.24, 2.45) is 0 Å². The van der Waals surface area contributed by atoms with Crippen LogP contribution in [-0.2, 0) is 4.74 Å². The second-order valence-electron chi connectivity index (χ2n) is 6.56. The molecular formula is C16H22N2O4. The monoisotopic (exact) mass is 306 g/mol. The van der Waals surface area contributed by atoms with Crippen LogP contribution in [0.25, 0.3) is 0 Å². The van der Waals surface area contributed by atoms with Gasteiger partial charge in [-0.05, 0) is 52.8 Å². The molecule has 22 heavy (non-hydrogen) atoms. The summed E-state index contributed by atoms with van der Waals surface area (Å²) in [5, 5.41) is 12.4. The Balaban J connectivity index is 2.46. The van der Waals surface area contributed by atoms with Gasteiger partial charge in [-0.2, -0.15) is 0 Å². The Kier molecular flexibility index (Phi) is 4.04. The van der Waals surface area contributed by atoms with E-state index in [4.69, 9.17) is 9.84 Å². The smallest absolute Gasteiger partial charge is 0.415 e. The number of carbonyl (C=O) groups excluding carboxylic acids is 1. The molecular weight excluding hydrogens is 284 g/mol. The molecule has 6 nitrogen and oxygen atoms in total. The summed E-state index contributed by atoms with van der Waals surface area (Å²) in [7, 11) is 0. The lowest BCUT2D eigenvalue weighted by atomic mass is 10.0. The van der Waals surface area contributed by atoms with Crippen LogP contribution in [0.5, 0.6) is 0 Å². The molecule has 2 N–H and O–H groups in total. The number of nitrogens with zero attached hydrogens (tertiary/aromatic N) is 1. The third-order valence-corrected chi connectivity index (χ3v) is 3.61. The topological polar surface area (TPSA) is 78.9 Å². The van der Waals surface area contributed by atoms with Gasteiger partial charge < -0.3 is 15.2 Å². The van der Waals surface area contributed by atoms with Crippen LogP contribution in [-0.4, -0.2) is 34.9 Å². The molecule has 1 amide bonds. The van der Waals surface area contributed by atoms with Crippen LogP contribution in [0.4, 0.5) is 16.2 Å². The Morgan fingerprint density at radius 2 is 1.91 bits per heavy atom. The van der Waals surface area contributed by atoms with Gasteiger partial charge in [-0.3, -0.25) is 4.90 Å². The van der Waals surface area contributed by atoms with Crippen LogP contribution in [0.1, 0.15) is 45.0 Å². The number of fused-ring (bicyclic) bond motifs is 1. The van der Waals surface area contributed by atoms with Crippen LogP contribution >= 0.6 is 0 Å². The molecule has 0 aliphatic carbocycles. The number of benzene rings is 1. The van der Waals surface area contributed by atoms with Gasteiger partial charge in [0, 0.05) is 6.04 Å². The van der Waals surface area contributed by atoms with Crippen LogP contribution in [0.3, 0.4) is 0 Å². The van der Waals surface area contributed by atoms with E-state index in [1.54, 1.807) is 26.8 Å². The van der Waals surface area contributed by atoms with E-state index >= 15 is 0 Å². The van der Waals surface area contributed by atoms with Gasteiger partial charge in [-0.15, -0.1) is 0 Å². The first-order valence-corrected chi connectivity index (χ1v) is 7.26. The number of ether oxygens (including phenoxy) is 1. The quantitative estimate of drug-likeness (QED) is 0.832. The van der Waals surface area contributed by atoms with Gasteiger partial charge in [0.1, 0.15) is 5.60 Å². The molecule has 0 saturated heterocycles. The second kappa shape index (κ2) is 5.51. The summed E-state index contributed by atoms with van der Waals surface area (Å²) < 4.78 is 5.46. The zero-order valence-electron chi connectivity index (χ0n) is 13.5. The summed E-state index contributed by atoms with van der Waals surface area (Å²) in [5.74, 6) is -1.03. The van der Waals surface area contributed by atoms with E-state index in [0.717, 1.165) is 5.69 Å². The Morgan fingerprint density at radius 1 is 1.27 bits per heavy atom. The Hall–Kier alpha value is -2.24. The maximum absolute atomic E-state index is 12.5. The molecule has 120 valence electrons. The highest BCUT2D eigenvalue weighted by molar-refractivity contribution is 5.98. The lowest BCUT2D eigenvalue weighted by Gasteiger charge is -2.40.